The van der Waals surface area contributed by atoms with Gasteiger partial charge in [0, 0.05) is 0 Å². The standard InChI is InChI=1S/C8H7F.C8H8.C3H8.3C2H6/c1-2-7-3-5-8(9)6-4-7;1-2-8-6-4-3-5-7-8;1-3-2;3*1-2/h2-6H,1H2;2-7H,1H2;3H2,1-2H3;3*1-2H3. The molecule has 0 spiro atoms. The zero-order chi connectivity index (χ0) is 21.2. The minimum absolute atomic E-state index is 0.208. The van der Waals surface area contributed by atoms with E-state index in [1.165, 1.54) is 24.1 Å². The molecule has 0 saturated heterocycles. The van der Waals surface area contributed by atoms with Crippen molar-refractivity contribution in [2.45, 2.75) is 61.8 Å². The Morgan fingerprint density at radius 1 is 0.654 bits per heavy atom. The van der Waals surface area contributed by atoms with Gasteiger partial charge in [0.2, 0.25) is 0 Å². The molecule has 2 aromatic carbocycles. The zero-order valence-electron chi connectivity index (χ0n) is 18.4. The minimum atomic E-state index is -0.208. The minimum Gasteiger partial charge on any atom is -0.207 e. The smallest absolute Gasteiger partial charge is 0.123 e. The van der Waals surface area contributed by atoms with Gasteiger partial charge in [0.15, 0.2) is 0 Å². The summed E-state index contributed by atoms with van der Waals surface area (Å²) in [6.45, 7) is 23.4. The lowest BCUT2D eigenvalue weighted by atomic mass is 10.2. The molecule has 2 aromatic rings. The van der Waals surface area contributed by atoms with E-state index in [-0.39, 0.29) is 5.82 Å². The highest BCUT2D eigenvalue weighted by molar-refractivity contribution is 5.46. The van der Waals surface area contributed by atoms with E-state index in [0.717, 1.165) is 5.56 Å². The molecule has 0 aliphatic rings. The molecule has 0 aromatic heterocycles. The van der Waals surface area contributed by atoms with Crippen molar-refractivity contribution in [1.29, 1.82) is 0 Å². The summed E-state index contributed by atoms with van der Waals surface area (Å²) in [5.74, 6) is -0.208. The van der Waals surface area contributed by atoms with E-state index >= 15 is 0 Å². The van der Waals surface area contributed by atoms with Crippen LogP contribution in [0.4, 0.5) is 4.39 Å². The highest BCUT2D eigenvalue weighted by Gasteiger charge is 1.85. The summed E-state index contributed by atoms with van der Waals surface area (Å²) in [6.07, 6.45) is 4.76. The van der Waals surface area contributed by atoms with E-state index in [1.807, 2.05) is 78.0 Å². The lowest BCUT2D eigenvalue weighted by molar-refractivity contribution is 0.628. The fourth-order valence-electron chi connectivity index (χ4n) is 1.19. The van der Waals surface area contributed by atoms with Crippen LogP contribution >= 0.6 is 0 Å². The van der Waals surface area contributed by atoms with Gasteiger partial charge in [-0.05, 0) is 23.3 Å². The zero-order valence-corrected chi connectivity index (χ0v) is 18.4. The molecule has 0 saturated carbocycles. The Morgan fingerprint density at radius 2 is 0.962 bits per heavy atom. The molecule has 0 heterocycles. The SMILES string of the molecule is C=Cc1ccc(F)cc1.C=Cc1ccccc1.CC.CC.CC.CCC. The van der Waals surface area contributed by atoms with Crippen LogP contribution in [-0.4, -0.2) is 0 Å². The fraction of sp³-hybridized carbons (Fsp3) is 0.360. The number of hydrogen-bond donors (Lipinski definition) is 0. The second kappa shape index (κ2) is 30.7. The number of benzene rings is 2. The summed E-state index contributed by atoms with van der Waals surface area (Å²) in [7, 11) is 0. The molecule has 148 valence electrons. The molecule has 0 radical (unpaired) electrons. The van der Waals surface area contributed by atoms with Gasteiger partial charge in [-0.2, -0.15) is 0 Å². The predicted molar refractivity (Wildman–Crippen MR) is 123 cm³/mol. The van der Waals surface area contributed by atoms with E-state index in [1.54, 1.807) is 18.2 Å². The summed E-state index contributed by atoms with van der Waals surface area (Å²) in [4.78, 5) is 0. The molecule has 0 N–H and O–H groups in total. The fourth-order valence-corrected chi connectivity index (χ4v) is 1.19. The van der Waals surface area contributed by atoms with Crippen LogP contribution in [0.2, 0.25) is 0 Å². The maximum absolute atomic E-state index is 12.2. The second-order valence-electron chi connectivity index (χ2n) is 4.08. The quantitative estimate of drug-likeness (QED) is 0.500. The Balaban J connectivity index is -0.000000130. The molecule has 1 heteroatoms. The Hall–Kier alpha value is -2.15. The van der Waals surface area contributed by atoms with Crippen molar-refractivity contribution in [3.8, 4) is 0 Å². The van der Waals surface area contributed by atoms with Gasteiger partial charge in [0.25, 0.3) is 0 Å². The predicted octanol–water partition coefficient (Wildman–Crippen LogP) is 9.29. The molecule has 0 aliphatic heterocycles. The van der Waals surface area contributed by atoms with Crippen molar-refractivity contribution < 1.29 is 4.39 Å². The first-order chi connectivity index (χ1) is 12.7. The molecular formula is C25H41F. The van der Waals surface area contributed by atoms with Crippen molar-refractivity contribution in [1.82, 2.24) is 0 Å². The van der Waals surface area contributed by atoms with E-state index in [4.69, 9.17) is 0 Å². The monoisotopic (exact) mass is 360 g/mol. The van der Waals surface area contributed by atoms with Crippen LogP contribution < -0.4 is 0 Å². The average Bonchev–Trinajstić information content (AvgIpc) is 2.75. The summed E-state index contributed by atoms with van der Waals surface area (Å²) < 4.78 is 12.2. The number of halogens is 1. The molecule has 2 rings (SSSR count). The third-order valence-electron chi connectivity index (χ3n) is 2.14. The van der Waals surface area contributed by atoms with Crippen LogP contribution in [0.3, 0.4) is 0 Å². The Morgan fingerprint density at radius 3 is 1.23 bits per heavy atom. The highest BCUT2D eigenvalue weighted by Crippen LogP contribution is 2.02. The third kappa shape index (κ3) is 24.1. The lowest BCUT2D eigenvalue weighted by Crippen LogP contribution is -1.72. The third-order valence-corrected chi connectivity index (χ3v) is 2.14. The van der Waals surface area contributed by atoms with Gasteiger partial charge in [-0.15, -0.1) is 0 Å². The van der Waals surface area contributed by atoms with Crippen molar-refractivity contribution in [3.05, 3.63) is 84.7 Å². The summed E-state index contributed by atoms with van der Waals surface area (Å²) >= 11 is 0. The van der Waals surface area contributed by atoms with Crippen molar-refractivity contribution >= 4 is 12.2 Å². The number of rotatable bonds is 2. The van der Waals surface area contributed by atoms with E-state index in [2.05, 4.69) is 27.0 Å². The highest BCUT2D eigenvalue weighted by atomic mass is 19.1. The number of hydrogen-bond acceptors (Lipinski definition) is 0. The first-order valence-electron chi connectivity index (χ1n) is 9.73. The van der Waals surface area contributed by atoms with Crippen LogP contribution in [-0.2, 0) is 0 Å². The average molecular weight is 361 g/mol. The van der Waals surface area contributed by atoms with E-state index < -0.39 is 0 Å². The Kier molecular flexibility index (Phi) is 37.3. The Labute approximate surface area is 163 Å². The molecule has 0 amide bonds. The normalized spacial score (nSPS) is 7.12. The first-order valence-corrected chi connectivity index (χ1v) is 9.73. The van der Waals surface area contributed by atoms with E-state index in [9.17, 15) is 4.39 Å². The van der Waals surface area contributed by atoms with Gasteiger partial charge < -0.3 is 0 Å². The largest absolute Gasteiger partial charge is 0.207 e. The molecule has 0 atom stereocenters. The van der Waals surface area contributed by atoms with Crippen molar-refractivity contribution in [3.63, 3.8) is 0 Å². The van der Waals surface area contributed by atoms with Gasteiger partial charge in [-0.25, -0.2) is 4.39 Å². The molecule has 0 unspecified atom stereocenters. The van der Waals surface area contributed by atoms with Crippen LogP contribution in [0.15, 0.2) is 67.8 Å². The van der Waals surface area contributed by atoms with Crippen LogP contribution in [0.1, 0.15) is 72.9 Å². The van der Waals surface area contributed by atoms with Gasteiger partial charge >= 0.3 is 0 Å². The van der Waals surface area contributed by atoms with Gasteiger partial charge in [-0.3, -0.25) is 0 Å². The van der Waals surface area contributed by atoms with Crippen molar-refractivity contribution in [2.24, 2.45) is 0 Å². The maximum Gasteiger partial charge on any atom is 0.123 e. The summed E-state index contributed by atoms with van der Waals surface area (Å²) in [5.41, 5.74) is 2.11. The van der Waals surface area contributed by atoms with Gasteiger partial charge in [-0.1, -0.05) is 130 Å². The molecule has 26 heavy (non-hydrogen) atoms. The van der Waals surface area contributed by atoms with Crippen LogP contribution in [0.5, 0.6) is 0 Å². The van der Waals surface area contributed by atoms with Gasteiger partial charge in [0.05, 0.1) is 0 Å². The van der Waals surface area contributed by atoms with E-state index in [0.29, 0.717) is 0 Å². The molecule has 0 fully saturated rings. The first kappa shape index (κ1) is 31.6. The maximum atomic E-state index is 12.2. The van der Waals surface area contributed by atoms with Gasteiger partial charge in [0.1, 0.15) is 5.82 Å². The molecule has 0 bridgehead atoms. The van der Waals surface area contributed by atoms with Crippen LogP contribution in [0, 0.1) is 5.82 Å². The second-order valence-corrected chi connectivity index (χ2v) is 4.08. The Bertz CT molecular complexity index is 469. The van der Waals surface area contributed by atoms with Crippen LogP contribution in [0.25, 0.3) is 12.2 Å². The summed E-state index contributed by atoms with van der Waals surface area (Å²) in [5, 5.41) is 0. The molecular weight excluding hydrogens is 319 g/mol. The van der Waals surface area contributed by atoms with Crippen molar-refractivity contribution in [2.75, 3.05) is 0 Å². The lowest BCUT2D eigenvalue weighted by Gasteiger charge is -1.88. The summed E-state index contributed by atoms with van der Waals surface area (Å²) in [6, 6.07) is 16.2. The molecule has 0 nitrogen and oxygen atoms in total. The molecule has 0 aliphatic carbocycles. The topological polar surface area (TPSA) is 0 Å².